The average Bonchev–Trinajstić information content (AvgIpc) is 2.76. The number of nitrogens with one attached hydrogen (secondary N) is 1. The van der Waals surface area contributed by atoms with E-state index in [1.165, 1.54) is 12.1 Å². The molecule has 0 saturated carbocycles. The molecule has 0 aromatic carbocycles. The van der Waals surface area contributed by atoms with Gasteiger partial charge in [0.25, 0.3) is 0 Å². The first kappa shape index (κ1) is 12.4. The molecule has 1 N–H and O–H groups in total. The largest absolute Gasteiger partial charge is 0.363 e. The van der Waals surface area contributed by atoms with Crippen LogP contribution in [0.5, 0.6) is 0 Å². The van der Waals surface area contributed by atoms with E-state index in [-0.39, 0.29) is 5.54 Å². The molecule has 4 heteroatoms. The molecule has 1 aromatic heterocycles. The van der Waals surface area contributed by atoms with E-state index in [9.17, 15) is 0 Å². The highest BCUT2D eigenvalue weighted by Gasteiger charge is 2.32. The van der Waals surface area contributed by atoms with Crippen molar-refractivity contribution < 1.29 is 0 Å². The average molecular weight is 236 g/mol. The Hall–Kier alpha value is -1.03. The van der Waals surface area contributed by atoms with Crippen molar-refractivity contribution >= 4 is 5.69 Å². The van der Waals surface area contributed by atoms with Gasteiger partial charge in [-0.25, -0.2) is 0 Å². The molecule has 17 heavy (non-hydrogen) atoms. The first-order valence-corrected chi connectivity index (χ1v) is 6.60. The van der Waals surface area contributed by atoms with Gasteiger partial charge in [0.2, 0.25) is 0 Å². The van der Waals surface area contributed by atoms with Gasteiger partial charge in [0.15, 0.2) is 0 Å². The van der Waals surface area contributed by atoms with Crippen molar-refractivity contribution in [2.45, 2.75) is 52.2 Å². The van der Waals surface area contributed by atoms with Crippen LogP contribution in [-0.4, -0.2) is 34.5 Å². The van der Waals surface area contributed by atoms with Gasteiger partial charge in [-0.05, 0) is 27.2 Å². The quantitative estimate of drug-likeness (QED) is 0.869. The first-order valence-electron chi connectivity index (χ1n) is 6.60. The molecule has 2 heterocycles. The van der Waals surface area contributed by atoms with E-state index in [1.54, 1.807) is 0 Å². The Morgan fingerprint density at radius 3 is 2.82 bits per heavy atom. The second kappa shape index (κ2) is 4.69. The fourth-order valence-electron chi connectivity index (χ4n) is 2.46. The van der Waals surface area contributed by atoms with Gasteiger partial charge >= 0.3 is 0 Å². The van der Waals surface area contributed by atoms with Crippen LogP contribution in [0.3, 0.4) is 0 Å². The smallest absolute Gasteiger partial charge is 0.0756 e. The Balaban J connectivity index is 2.20. The fourth-order valence-corrected chi connectivity index (χ4v) is 2.46. The van der Waals surface area contributed by atoms with Crippen molar-refractivity contribution in [1.82, 2.24) is 15.1 Å². The maximum atomic E-state index is 4.38. The molecule has 0 spiro atoms. The van der Waals surface area contributed by atoms with Gasteiger partial charge in [-0.15, -0.1) is 0 Å². The van der Waals surface area contributed by atoms with Crippen molar-refractivity contribution in [3.05, 3.63) is 12.4 Å². The van der Waals surface area contributed by atoms with Crippen LogP contribution in [0.15, 0.2) is 12.4 Å². The molecule has 0 bridgehead atoms. The molecule has 2 rings (SSSR count). The highest BCUT2D eigenvalue weighted by atomic mass is 15.3. The normalized spacial score (nSPS) is 24.0. The zero-order chi connectivity index (χ0) is 12.5. The third kappa shape index (κ3) is 2.63. The van der Waals surface area contributed by atoms with Crippen LogP contribution in [0.1, 0.15) is 34.1 Å². The van der Waals surface area contributed by atoms with Crippen LogP contribution in [0, 0.1) is 0 Å². The summed E-state index contributed by atoms with van der Waals surface area (Å²) in [6.07, 6.45) is 5.32. The number of hydrogen-bond acceptors (Lipinski definition) is 3. The van der Waals surface area contributed by atoms with Gasteiger partial charge in [-0.2, -0.15) is 5.10 Å². The lowest BCUT2D eigenvalue weighted by atomic mass is 9.97. The molecule has 1 fully saturated rings. The molecule has 0 amide bonds. The summed E-state index contributed by atoms with van der Waals surface area (Å²) < 4.78 is 2.00. The Morgan fingerprint density at radius 1 is 1.47 bits per heavy atom. The zero-order valence-corrected chi connectivity index (χ0v) is 11.4. The molecule has 1 aliphatic rings. The predicted octanol–water partition coefficient (Wildman–Crippen LogP) is 1.87. The summed E-state index contributed by atoms with van der Waals surface area (Å²) in [5, 5.41) is 7.99. The maximum absolute atomic E-state index is 4.38. The van der Waals surface area contributed by atoms with E-state index >= 15 is 0 Å². The second-order valence-corrected chi connectivity index (χ2v) is 5.51. The number of aryl methyl sites for hydroxylation is 1. The third-order valence-electron chi connectivity index (χ3n) is 3.57. The van der Waals surface area contributed by atoms with Crippen molar-refractivity contribution in [3.8, 4) is 0 Å². The Kier molecular flexibility index (Phi) is 3.43. The van der Waals surface area contributed by atoms with Gasteiger partial charge in [0.1, 0.15) is 0 Å². The molecular weight excluding hydrogens is 212 g/mol. The van der Waals surface area contributed by atoms with Crippen LogP contribution in [0.25, 0.3) is 0 Å². The van der Waals surface area contributed by atoms with Crippen LogP contribution >= 0.6 is 0 Å². The number of hydrogen-bond donors (Lipinski definition) is 1. The molecule has 0 aliphatic carbocycles. The number of aromatic nitrogens is 2. The van der Waals surface area contributed by atoms with Gasteiger partial charge < -0.3 is 10.2 Å². The number of nitrogens with zero attached hydrogens (tertiary/aromatic N) is 3. The molecule has 0 radical (unpaired) electrons. The Bertz CT molecular complexity index is 369. The molecular formula is C13H24N4. The molecule has 4 nitrogen and oxygen atoms in total. The minimum absolute atomic E-state index is 0.181. The van der Waals surface area contributed by atoms with E-state index < -0.39 is 0 Å². The number of piperazine rings is 1. The summed E-state index contributed by atoms with van der Waals surface area (Å²) in [7, 11) is 0. The third-order valence-corrected chi connectivity index (χ3v) is 3.57. The number of anilines is 1. The van der Waals surface area contributed by atoms with Crippen molar-refractivity contribution in [1.29, 1.82) is 0 Å². The van der Waals surface area contributed by atoms with E-state index in [1.807, 2.05) is 10.9 Å². The van der Waals surface area contributed by atoms with Crippen LogP contribution < -0.4 is 10.2 Å². The summed E-state index contributed by atoms with van der Waals surface area (Å²) in [6, 6.07) is 0.581. The Morgan fingerprint density at radius 2 is 2.24 bits per heavy atom. The van der Waals surface area contributed by atoms with Gasteiger partial charge in [0.05, 0.1) is 11.9 Å². The second-order valence-electron chi connectivity index (χ2n) is 5.51. The topological polar surface area (TPSA) is 33.1 Å². The minimum atomic E-state index is 0.181. The highest BCUT2D eigenvalue weighted by Crippen LogP contribution is 2.24. The van der Waals surface area contributed by atoms with Crippen LogP contribution in [0.4, 0.5) is 5.69 Å². The monoisotopic (exact) mass is 236 g/mol. The number of rotatable bonds is 3. The summed E-state index contributed by atoms with van der Waals surface area (Å²) in [5.74, 6) is 0. The lowest BCUT2D eigenvalue weighted by Crippen LogP contribution is -2.61. The SMILES string of the molecule is CCC1CNC(C)(C)CN1c1cnn(CC)c1. The van der Waals surface area contributed by atoms with E-state index in [4.69, 9.17) is 0 Å². The highest BCUT2D eigenvalue weighted by molar-refractivity contribution is 5.45. The molecule has 1 aliphatic heterocycles. The van der Waals surface area contributed by atoms with E-state index in [0.29, 0.717) is 6.04 Å². The summed E-state index contributed by atoms with van der Waals surface area (Å²) in [4.78, 5) is 2.50. The lowest BCUT2D eigenvalue weighted by Gasteiger charge is -2.45. The van der Waals surface area contributed by atoms with Gasteiger partial charge in [-0.1, -0.05) is 6.92 Å². The van der Waals surface area contributed by atoms with Crippen molar-refractivity contribution in [3.63, 3.8) is 0 Å². The molecule has 1 saturated heterocycles. The molecule has 96 valence electrons. The van der Waals surface area contributed by atoms with E-state index in [0.717, 1.165) is 19.6 Å². The maximum Gasteiger partial charge on any atom is 0.0756 e. The van der Waals surface area contributed by atoms with Crippen LogP contribution in [0.2, 0.25) is 0 Å². The molecule has 1 atom stereocenters. The lowest BCUT2D eigenvalue weighted by molar-refractivity contribution is 0.306. The predicted molar refractivity (Wildman–Crippen MR) is 71.4 cm³/mol. The molecule has 1 aromatic rings. The van der Waals surface area contributed by atoms with Gasteiger partial charge in [-0.3, -0.25) is 4.68 Å². The van der Waals surface area contributed by atoms with Crippen LogP contribution in [-0.2, 0) is 6.54 Å². The first-order chi connectivity index (χ1) is 8.05. The van der Waals surface area contributed by atoms with Crippen molar-refractivity contribution in [2.24, 2.45) is 0 Å². The van der Waals surface area contributed by atoms with Gasteiger partial charge in [0, 0.05) is 37.4 Å². The van der Waals surface area contributed by atoms with E-state index in [2.05, 4.69) is 49.2 Å². The minimum Gasteiger partial charge on any atom is -0.363 e. The fraction of sp³-hybridized carbons (Fsp3) is 0.769. The molecule has 1 unspecified atom stereocenters. The summed E-state index contributed by atoms with van der Waals surface area (Å²) in [6.45, 7) is 11.9. The zero-order valence-electron chi connectivity index (χ0n) is 11.4. The summed E-state index contributed by atoms with van der Waals surface area (Å²) >= 11 is 0. The standard InChI is InChI=1S/C13H24N4/c1-5-11-7-14-13(3,4)10-17(11)12-8-15-16(6-2)9-12/h8-9,11,14H,5-7,10H2,1-4H3. The Labute approximate surface area is 104 Å². The van der Waals surface area contributed by atoms with Crippen molar-refractivity contribution in [2.75, 3.05) is 18.0 Å². The summed E-state index contributed by atoms with van der Waals surface area (Å²) in [5.41, 5.74) is 1.44.